The van der Waals surface area contributed by atoms with Gasteiger partial charge in [-0.15, -0.1) is 0 Å². The second-order valence-corrected chi connectivity index (χ2v) is 6.47. The number of alkyl halides is 3. The summed E-state index contributed by atoms with van der Waals surface area (Å²) in [7, 11) is 1.65. The van der Waals surface area contributed by atoms with Crippen LogP contribution in [0.2, 0.25) is 0 Å². The quantitative estimate of drug-likeness (QED) is 0.634. The zero-order valence-corrected chi connectivity index (χ0v) is 11.3. The summed E-state index contributed by atoms with van der Waals surface area (Å²) in [5.41, 5.74) is 0.738. The van der Waals surface area contributed by atoms with Crippen molar-refractivity contribution in [2.24, 2.45) is 13.0 Å². The molecule has 1 aromatic rings. The minimum absolute atomic E-state index is 0.0592. The van der Waals surface area contributed by atoms with Gasteiger partial charge in [0.15, 0.2) is 5.78 Å². The summed E-state index contributed by atoms with van der Waals surface area (Å²) >= 11 is 16.6. The number of carbonyl (C=O) groups is 2. The molecule has 3 nitrogen and oxygen atoms in total. The van der Waals surface area contributed by atoms with Gasteiger partial charge in [-0.3, -0.25) is 9.59 Å². The maximum absolute atomic E-state index is 11.8. The number of carbonyl (C=O) groups excluding carboxylic acids is 2. The average Bonchev–Trinajstić information content (AvgIpc) is 2.99. The molecule has 2 rings (SSSR count). The number of halogens is 3. The van der Waals surface area contributed by atoms with E-state index in [1.165, 1.54) is 10.6 Å². The highest BCUT2D eigenvalue weighted by atomic mass is 35.6. The molecule has 0 unspecified atom stereocenters. The first kappa shape index (κ1) is 12.9. The number of hydrogen-bond donors (Lipinski definition) is 0. The summed E-state index contributed by atoms with van der Waals surface area (Å²) in [5.74, 6) is -0.461. The van der Waals surface area contributed by atoms with E-state index in [9.17, 15) is 9.59 Å². The molecule has 1 heterocycles. The number of aryl methyl sites for hydroxylation is 1. The number of aromatic nitrogens is 1. The van der Waals surface area contributed by atoms with E-state index in [1.807, 2.05) is 0 Å². The third-order valence-corrected chi connectivity index (χ3v) is 3.24. The van der Waals surface area contributed by atoms with Crippen LogP contribution < -0.4 is 0 Å². The van der Waals surface area contributed by atoms with E-state index in [0.717, 1.165) is 12.8 Å². The zero-order chi connectivity index (χ0) is 12.8. The van der Waals surface area contributed by atoms with Gasteiger partial charge in [-0.05, 0) is 18.9 Å². The van der Waals surface area contributed by atoms with Crippen molar-refractivity contribution in [1.29, 1.82) is 0 Å². The fourth-order valence-corrected chi connectivity index (χ4v) is 1.94. The molecule has 1 aromatic heterocycles. The fraction of sp³-hybridized carbons (Fsp3) is 0.455. The molecule has 0 bridgehead atoms. The lowest BCUT2D eigenvalue weighted by Gasteiger charge is -2.09. The summed E-state index contributed by atoms with van der Waals surface area (Å²) < 4.78 is -0.480. The highest BCUT2D eigenvalue weighted by molar-refractivity contribution is 6.77. The maximum atomic E-state index is 11.8. The van der Waals surface area contributed by atoms with Crippen molar-refractivity contribution in [3.05, 3.63) is 23.5 Å². The molecule has 0 saturated heterocycles. The standard InChI is InChI=1S/C11H10Cl3NO2/c1-15-5-7(9(16)6-2-3-6)4-8(15)10(17)11(12,13)14/h4-6H,2-3H2,1H3. The van der Waals surface area contributed by atoms with Crippen LogP contribution in [0.25, 0.3) is 0 Å². The Morgan fingerprint density at radius 2 is 1.94 bits per heavy atom. The zero-order valence-electron chi connectivity index (χ0n) is 9.04. The average molecular weight is 295 g/mol. The van der Waals surface area contributed by atoms with E-state index >= 15 is 0 Å². The van der Waals surface area contributed by atoms with Crippen molar-refractivity contribution in [2.45, 2.75) is 16.6 Å². The molecule has 0 amide bonds. The molecule has 0 N–H and O–H groups in total. The molecule has 6 heteroatoms. The predicted molar refractivity (Wildman–Crippen MR) is 67.1 cm³/mol. The lowest BCUT2D eigenvalue weighted by atomic mass is 10.1. The molecule has 0 spiro atoms. The van der Waals surface area contributed by atoms with Gasteiger partial charge in [0.25, 0.3) is 3.79 Å². The van der Waals surface area contributed by atoms with Crippen LogP contribution in [0.4, 0.5) is 0 Å². The van der Waals surface area contributed by atoms with Gasteiger partial charge < -0.3 is 4.57 Å². The van der Waals surface area contributed by atoms with Gasteiger partial charge in [-0.1, -0.05) is 34.8 Å². The van der Waals surface area contributed by atoms with E-state index in [1.54, 1.807) is 13.2 Å². The monoisotopic (exact) mass is 293 g/mol. The molecule has 1 aliphatic carbocycles. The number of nitrogens with zero attached hydrogens (tertiary/aromatic N) is 1. The summed E-state index contributed by atoms with van der Waals surface area (Å²) in [4.78, 5) is 23.6. The van der Waals surface area contributed by atoms with Crippen LogP contribution in [-0.4, -0.2) is 19.9 Å². The van der Waals surface area contributed by atoms with Gasteiger partial charge >= 0.3 is 0 Å². The van der Waals surface area contributed by atoms with Crippen LogP contribution >= 0.6 is 34.8 Å². The minimum Gasteiger partial charge on any atom is -0.347 e. The minimum atomic E-state index is -1.99. The van der Waals surface area contributed by atoms with Crippen LogP contribution in [0, 0.1) is 5.92 Å². The Labute approximate surface area is 114 Å². The van der Waals surface area contributed by atoms with Gasteiger partial charge in [0.1, 0.15) is 0 Å². The van der Waals surface area contributed by atoms with Crippen LogP contribution in [0.1, 0.15) is 33.7 Å². The first-order valence-corrected chi connectivity index (χ1v) is 6.26. The molecule has 0 aromatic carbocycles. The molecular formula is C11H10Cl3NO2. The third-order valence-electron chi connectivity index (χ3n) is 2.73. The van der Waals surface area contributed by atoms with Crippen molar-refractivity contribution >= 4 is 46.4 Å². The Morgan fingerprint density at radius 1 is 1.35 bits per heavy atom. The first-order valence-electron chi connectivity index (χ1n) is 5.13. The Kier molecular flexibility index (Phi) is 3.27. The molecule has 17 heavy (non-hydrogen) atoms. The van der Waals surface area contributed by atoms with Crippen molar-refractivity contribution in [3.63, 3.8) is 0 Å². The molecule has 92 valence electrons. The fourth-order valence-electron chi connectivity index (χ4n) is 1.65. The topological polar surface area (TPSA) is 39.1 Å². The maximum Gasteiger partial charge on any atom is 0.255 e. The Bertz CT molecular complexity index is 483. The van der Waals surface area contributed by atoms with Crippen LogP contribution in [0.5, 0.6) is 0 Å². The molecule has 1 aliphatic rings. The molecular weight excluding hydrogens is 284 g/mol. The van der Waals surface area contributed by atoms with Gasteiger partial charge in [-0.2, -0.15) is 0 Å². The second kappa shape index (κ2) is 4.30. The lowest BCUT2D eigenvalue weighted by molar-refractivity contribution is 0.0966. The molecule has 0 aliphatic heterocycles. The van der Waals surface area contributed by atoms with Crippen molar-refractivity contribution in [1.82, 2.24) is 4.57 Å². The summed E-state index contributed by atoms with van der Waals surface area (Å²) in [6, 6.07) is 1.49. The molecule has 1 saturated carbocycles. The molecule has 0 atom stereocenters. The smallest absolute Gasteiger partial charge is 0.255 e. The van der Waals surface area contributed by atoms with E-state index < -0.39 is 9.58 Å². The Hall–Kier alpha value is -0.510. The molecule has 0 radical (unpaired) electrons. The normalized spacial score (nSPS) is 16.0. The Morgan fingerprint density at radius 3 is 2.41 bits per heavy atom. The number of rotatable bonds is 3. The van der Waals surface area contributed by atoms with Crippen molar-refractivity contribution < 1.29 is 9.59 Å². The second-order valence-electron chi connectivity index (χ2n) is 4.19. The number of ketones is 2. The summed E-state index contributed by atoms with van der Waals surface area (Å²) in [6.07, 6.45) is 3.44. The van der Waals surface area contributed by atoms with E-state index in [-0.39, 0.29) is 17.4 Å². The van der Waals surface area contributed by atoms with E-state index in [0.29, 0.717) is 5.56 Å². The van der Waals surface area contributed by atoms with Crippen LogP contribution in [0.3, 0.4) is 0 Å². The third kappa shape index (κ3) is 2.67. The number of Topliss-reactive ketones (excluding diaryl/α,β-unsaturated/α-hetero) is 2. The van der Waals surface area contributed by atoms with Crippen molar-refractivity contribution in [3.8, 4) is 0 Å². The highest BCUT2D eigenvalue weighted by Crippen LogP contribution is 2.34. The largest absolute Gasteiger partial charge is 0.347 e. The SMILES string of the molecule is Cn1cc(C(=O)C2CC2)cc1C(=O)C(Cl)(Cl)Cl. The first-order chi connectivity index (χ1) is 7.80. The van der Waals surface area contributed by atoms with Gasteiger partial charge in [0, 0.05) is 24.7 Å². The summed E-state index contributed by atoms with van der Waals surface area (Å²) in [5, 5.41) is 0. The van der Waals surface area contributed by atoms with Crippen molar-refractivity contribution in [2.75, 3.05) is 0 Å². The van der Waals surface area contributed by atoms with Crippen LogP contribution in [-0.2, 0) is 7.05 Å². The number of hydrogen-bond acceptors (Lipinski definition) is 2. The molecule has 1 fully saturated rings. The van der Waals surface area contributed by atoms with Gasteiger partial charge in [0.2, 0.25) is 5.78 Å². The predicted octanol–water partition coefficient (Wildman–Crippen LogP) is 3.17. The Balaban J connectivity index is 2.30. The van der Waals surface area contributed by atoms with Gasteiger partial charge in [-0.25, -0.2) is 0 Å². The van der Waals surface area contributed by atoms with E-state index in [2.05, 4.69) is 0 Å². The highest BCUT2D eigenvalue weighted by Gasteiger charge is 2.36. The lowest BCUT2D eigenvalue weighted by Crippen LogP contribution is -2.21. The van der Waals surface area contributed by atoms with Gasteiger partial charge in [0.05, 0.1) is 5.69 Å². The summed E-state index contributed by atoms with van der Waals surface area (Å²) in [6.45, 7) is 0. The van der Waals surface area contributed by atoms with E-state index in [4.69, 9.17) is 34.8 Å². The van der Waals surface area contributed by atoms with Crippen LogP contribution in [0.15, 0.2) is 12.3 Å².